The fraction of sp³-hybridized carbons (Fsp3) is 0.350. The maximum atomic E-state index is 12.9. The van der Waals surface area contributed by atoms with Crippen molar-refractivity contribution in [1.29, 1.82) is 0 Å². The molecule has 2 aromatic rings. The summed E-state index contributed by atoms with van der Waals surface area (Å²) >= 11 is 0. The van der Waals surface area contributed by atoms with Gasteiger partial charge in [0.15, 0.2) is 0 Å². The molecule has 146 valence electrons. The molecule has 0 heterocycles. The minimum atomic E-state index is -3.77. The molecule has 2 aromatic carbocycles. The molecule has 0 saturated heterocycles. The van der Waals surface area contributed by atoms with Gasteiger partial charge in [-0.3, -0.25) is 0 Å². The Kier molecular flexibility index (Phi) is 6.98. The lowest BCUT2D eigenvalue weighted by atomic mass is 10.1. The van der Waals surface area contributed by atoms with Crippen molar-refractivity contribution < 1.29 is 22.7 Å². The number of ether oxygens (including phenoxy) is 2. The van der Waals surface area contributed by atoms with E-state index in [4.69, 9.17) is 9.47 Å². The lowest BCUT2D eigenvalue weighted by molar-refractivity contribution is 0.0472. The zero-order valence-corrected chi connectivity index (χ0v) is 16.9. The van der Waals surface area contributed by atoms with Crippen LogP contribution in [0.15, 0.2) is 47.4 Å². The smallest absolute Gasteiger partial charge is 0.338 e. The molecule has 0 amide bonds. The number of carbonyl (C=O) groups is 1. The molecule has 0 aliphatic heterocycles. The van der Waals surface area contributed by atoms with E-state index in [1.165, 1.54) is 29.6 Å². The molecule has 0 unspecified atom stereocenters. The second-order valence-corrected chi connectivity index (χ2v) is 7.93. The van der Waals surface area contributed by atoms with Crippen LogP contribution in [-0.2, 0) is 21.4 Å². The van der Waals surface area contributed by atoms with Crippen LogP contribution >= 0.6 is 0 Å². The van der Waals surface area contributed by atoms with Crippen molar-refractivity contribution in [2.24, 2.45) is 0 Å². The summed E-state index contributed by atoms with van der Waals surface area (Å²) < 4.78 is 37.6. The van der Waals surface area contributed by atoms with Crippen LogP contribution in [0.5, 0.6) is 5.75 Å². The molecule has 0 N–H and O–H groups in total. The lowest BCUT2D eigenvalue weighted by Gasteiger charge is -2.20. The van der Waals surface area contributed by atoms with E-state index in [1.807, 2.05) is 31.2 Å². The number of sulfonamides is 1. The van der Waals surface area contributed by atoms with E-state index in [2.05, 4.69) is 0 Å². The number of rotatable bonds is 8. The van der Waals surface area contributed by atoms with Crippen LogP contribution in [0.4, 0.5) is 0 Å². The Labute approximate surface area is 160 Å². The fourth-order valence-corrected chi connectivity index (χ4v) is 4.38. The summed E-state index contributed by atoms with van der Waals surface area (Å²) in [6, 6.07) is 11.9. The highest BCUT2D eigenvalue weighted by atomic mass is 32.2. The molecule has 0 aliphatic carbocycles. The van der Waals surface area contributed by atoms with Gasteiger partial charge in [-0.25, -0.2) is 13.2 Å². The minimum Gasteiger partial charge on any atom is -0.495 e. The van der Waals surface area contributed by atoms with Gasteiger partial charge < -0.3 is 9.47 Å². The monoisotopic (exact) mass is 391 g/mol. The first-order valence-corrected chi connectivity index (χ1v) is 10.2. The molecule has 6 nitrogen and oxygen atoms in total. The molecule has 0 fully saturated rings. The van der Waals surface area contributed by atoms with E-state index in [-0.39, 0.29) is 22.8 Å². The van der Waals surface area contributed by atoms with Gasteiger partial charge in [0, 0.05) is 13.1 Å². The maximum Gasteiger partial charge on any atom is 0.338 e. The Bertz CT molecular complexity index is 904. The molecule has 0 spiro atoms. The normalized spacial score (nSPS) is 11.4. The average molecular weight is 391 g/mol. The lowest BCUT2D eigenvalue weighted by Crippen LogP contribution is -2.31. The van der Waals surface area contributed by atoms with Crippen molar-refractivity contribution in [3.8, 4) is 5.75 Å². The molecule has 27 heavy (non-hydrogen) atoms. The second-order valence-electron chi connectivity index (χ2n) is 6.02. The van der Waals surface area contributed by atoms with E-state index >= 15 is 0 Å². The van der Waals surface area contributed by atoms with Crippen LogP contribution in [0, 0.1) is 6.92 Å². The van der Waals surface area contributed by atoms with Gasteiger partial charge in [0.2, 0.25) is 10.0 Å². The third kappa shape index (κ3) is 4.87. The van der Waals surface area contributed by atoms with Crippen LogP contribution in [0.2, 0.25) is 0 Å². The van der Waals surface area contributed by atoms with Gasteiger partial charge in [0.1, 0.15) is 17.3 Å². The Morgan fingerprint density at radius 2 is 1.78 bits per heavy atom. The van der Waals surface area contributed by atoms with Crippen molar-refractivity contribution in [3.63, 3.8) is 0 Å². The first-order chi connectivity index (χ1) is 12.8. The number of nitrogens with zero attached hydrogens (tertiary/aromatic N) is 1. The summed E-state index contributed by atoms with van der Waals surface area (Å²) in [6.45, 7) is 6.23. The van der Waals surface area contributed by atoms with E-state index in [0.717, 1.165) is 11.1 Å². The average Bonchev–Trinajstić information content (AvgIpc) is 2.66. The predicted molar refractivity (Wildman–Crippen MR) is 103 cm³/mol. The Hall–Kier alpha value is -2.38. The molecular formula is C20H25NO5S. The highest BCUT2D eigenvalue weighted by molar-refractivity contribution is 7.89. The number of esters is 1. The number of carbonyl (C=O) groups excluding carboxylic acids is 1. The molecule has 0 atom stereocenters. The maximum absolute atomic E-state index is 12.9. The van der Waals surface area contributed by atoms with Gasteiger partial charge in [-0.05, 0) is 30.7 Å². The van der Waals surface area contributed by atoms with E-state index in [0.29, 0.717) is 13.1 Å². The van der Waals surface area contributed by atoms with Crippen LogP contribution in [0.3, 0.4) is 0 Å². The second kappa shape index (κ2) is 9.01. The highest BCUT2D eigenvalue weighted by Gasteiger charge is 2.27. The number of hydrogen-bond acceptors (Lipinski definition) is 5. The Morgan fingerprint density at radius 3 is 2.37 bits per heavy atom. The van der Waals surface area contributed by atoms with Gasteiger partial charge in [-0.2, -0.15) is 4.31 Å². The molecule has 0 saturated carbocycles. The number of hydrogen-bond donors (Lipinski definition) is 0. The SMILES string of the molecule is CCN(CC)S(=O)(=O)c1cc(C(=O)OCc2cccc(C)c2)ccc1OC. The van der Waals surface area contributed by atoms with Crippen molar-refractivity contribution >= 4 is 16.0 Å². The van der Waals surface area contributed by atoms with Crippen LogP contribution in [-0.4, -0.2) is 38.9 Å². The first kappa shape index (κ1) is 20.9. The van der Waals surface area contributed by atoms with Crippen molar-refractivity contribution in [2.45, 2.75) is 32.3 Å². The van der Waals surface area contributed by atoms with Crippen LogP contribution in [0.25, 0.3) is 0 Å². The third-order valence-electron chi connectivity index (χ3n) is 4.17. The topological polar surface area (TPSA) is 72.9 Å². The van der Waals surface area contributed by atoms with Crippen molar-refractivity contribution in [3.05, 3.63) is 59.2 Å². The van der Waals surface area contributed by atoms with Crippen LogP contribution in [0.1, 0.15) is 35.3 Å². The molecule has 7 heteroatoms. The van der Waals surface area contributed by atoms with Gasteiger partial charge in [0.05, 0.1) is 12.7 Å². The molecule has 0 radical (unpaired) electrons. The van der Waals surface area contributed by atoms with Crippen LogP contribution < -0.4 is 4.74 Å². The fourth-order valence-electron chi connectivity index (χ4n) is 2.74. The summed E-state index contributed by atoms with van der Waals surface area (Å²) in [5.74, 6) is -0.396. The Morgan fingerprint density at radius 1 is 1.07 bits per heavy atom. The Balaban J connectivity index is 2.29. The molecule has 0 aromatic heterocycles. The quantitative estimate of drug-likeness (QED) is 0.645. The van der Waals surface area contributed by atoms with Crippen molar-refractivity contribution in [1.82, 2.24) is 4.31 Å². The molecular weight excluding hydrogens is 366 g/mol. The highest BCUT2D eigenvalue weighted by Crippen LogP contribution is 2.28. The largest absolute Gasteiger partial charge is 0.495 e. The first-order valence-electron chi connectivity index (χ1n) is 8.74. The zero-order valence-electron chi connectivity index (χ0n) is 16.1. The summed E-state index contributed by atoms with van der Waals surface area (Å²) in [6.07, 6.45) is 0. The van der Waals surface area contributed by atoms with Gasteiger partial charge in [-0.15, -0.1) is 0 Å². The van der Waals surface area contributed by atoms with Gasteiger partial charge in [0.25, 0.3) is 0 Å². The van der Waals surface area contributed by atoms with Gasteiger partial charge in [-0.1, -0.05) is 43.7 Å². The zero-order chi connectivity index (χ0) is 20.0. The minimum absolute atomic E-state index is 0.0429. The van der Waals surface area contributed by atoms with E-state index in [9.17, 15) is 13.2 Å². The summed E-state index contributed by atoms with van der Waals surface area (Å²) in [5.41, 5.74) is 2.10. The number of methoxy groups -OCH3 is 1. The summed E-state index contributed by atoms with van der Waals surface area (Å²) in [5, 5.41) is 0. The number of aryl methyl sites for hydroxylation is 1. The van der Waals surface area contributed by atoms with E-state index < -0.39 is 16.0 Å². The molecule has 0 bridgehead atoms. The molecule has 2 rings (SSSR count). The number of benzene rings is 2. The van der Waals surface area contributed by atoms with Crippen molar-refractivity contribution in [2.75, 3.05) is 20.2 Å². The van der Waals surface area contributed by atoms with Gasteiger partial charge >= 0.3 is 5.97 Å². The summed E-state index contributed by atoms with van der Waals surface area (Å²) in [4.78, 5) is 12.4. The standard InChI is InChI=1S/C20H25NO5S/c1-5-21(6-2)27(23,24)19-13-17(10-11-18(19)25-4)20(22)26-14-16-9-7-8-15(3)12-16/h7-13H,5-6,14H2,1-4H3. The third-order valence-corrected chi connectivity index (χ3v) is 6.25. The predicted octanol–water partition coefficient (Wildman–Crippen LogP) is 3.39. The van der Waals surface area contributed by atoms with E-state index in [1.54, 1.807) is 13.8 Å². The summed E-state index contributed by atoms with van der Waals surface area (Å²) in [7, 11) is -2.38. The molecule has 0 aliphatic rings.